The van der Waals surface area contributed by atoms with Crippen molar-refractivity contribution in [3.63, 3.8) is 0 Å². The van der Waals surface area contributed by atoms with Gasteiger partial charge in [-0.05, 0) is 24.1 Å². The van der Waals surface area contributed by atoms with Crippen LogP contribution in [0.25, 0.3) is 0 Å². The Labute approximate surface area is 127 Å². The predicted octanol–water partition coefficient (Wildman–Crippen LogP) is 1.77. The van der Waals surface area contributed by atoms with Gasteiger partial charge in [-0.15, -0.1) is 0 Å². The molecule has 21 heavy (non-hydrogen) atoms. The van der Waals surface area contributed by atoms with Gasteiger partial charge < -0.3 is 20.7 Å². The van der Waals surface area contributed by atoms with Gasteiger partial charge in [0.15, 0.2) is 5.96 Å². The summed E-state index contributed by atoms with van der Waals surface area (Å²) in [5, 5.41) is 3.42. The highest BCUT2D eigenvalue weighted by atomic mass is 16.5. The standard InChI is InChI=1S/C16H26N4O/c1-16(2,12-17)13-18-15(20-8-10-21-11-9-20)19-14-6-4-3-5-7-14/h3-7H,8-13,17H2,1-2H3,(H,18,19). The van der Waals surface area contributed by atoms with E-state index in [4.69, 9.17) is 15.5 Å². The molecule has 1 aromatic carbocycles. The molecule has 1 aliphatic rings. The largest absolute Gasteiger partial charge is 0.378 e. The lowest BCUT2D eigenvalue weighted by atomic mass is 9.94. The van der Waals surface area contributed by atoms with Crippen molar-refractivity contribution in [3.05, 3.63) is 30.3 Å². The van der Waals surface area contributed by atoms with E-state index in [-0.39, 0.29) is 5.41 Å². The molecule has 0 bridgehead atoms. The maximum Gasteiger partial charge on any atom is 0.198 e. The number of morpholine rings is 1. The normalized spacial score (nSPS) is 16.9. The molecule has 1 aliphatic heterocycles. The molecule has 1 aromatic rings. The Balaban J connectivity index is 2.11. The second-order valence-electron chi connectivity index (χ2n) is 6.10. The lowest BCUT2D eigenvalue weighted by Gasteiger charge is -2.31. The summed E-state index contributed by atoms with van der Waals surface area (Å²) in [6.45, 7) is 8.81. The third kappa shape index (κ3) is 5.02. The van der Waals surface area contributed by atoms with Gasteiger partial charge in [-0.3, -0.25) is 4.99 Å². The molecule has 0 unspecified atom stereocenters. The number of guanidine groups is 1. The van der Waals surface area contributed by atoms with Gasteiger partial charge in [-0.1, -0.05) is 32.0 Å². The predicted molar refractivity (Wildman–Crippen MR) is 87.6 cm³/mol. The highest BCUT2D eigenvalue weighted by Gasteiger charge is 2.19. The minimum absolute atomic E-state index is 0.00983. The molecule has 0 amide bonds. The first-order valence-electron chi connectivity index (χ1n) is 7.50. The third-order valence-electron chi connectivity index (χ3n) is 3.55. The molecule has 0 spiro atoms. The van der Waals surface area contributed by atoms with Crippen molar-refractivity contribution in [2.24, 2.45) is 16.1 Å². The second kappa shape index (κ2) is 7.43. The number of aliphatic imine (C=N–C) groups is 1. The van der Waals surface area contributed by atoms with Crippen molar-refractivity contribution in [3.8, 4) is 0 Å². The number of anilines is 1. The summed E-state index contributed by atoms with van der Waals surface area (Å²) in [4.78, 5) is 7.02. The molecule has 1 fully saturated rings. The summed E-state index contributed by atoms with van der Waals surface area (Å²) >= 11 is 0. The third-order valence-corrected chi connectivity index (χ3v) is 3.55. The van der Waals surface area contributed by atoms with E-state index in [1.807, 2.05) is 30.3 Å². The molecule has 5 heteroatoms. The van der Waals surface area contributed by atoms with Gasteiger partial charge in [0.25, 0.3) is 0 Å². The quantitative estimate of drug-likeness (QED) is 0.655. The molecule has 0 saturated carbocycles. The zero-order valence-corrected chi connectivity index (χ0v) is 13.0. The molecule has 5 nitrogen and oxygen atoms in total. The van der Waals surface area contributed by atoms with E-state index in [0.29, 0.717) is 13.1 Å². The molecule has 0 atom stereocenters. The number of ether oxygens (including phenoxy) is 1. The molecule has 0 radical (unpaired) electrons. The van der Waals surface area contributed by atoms with Crippen molar-refractivity contribution in [2.75, 3.05) is 44.7 Å². The lowest BCUT2D eigenvalue weighted by Crippen LogP contribution is -2.44. The van der Waals surface area contributed by atoms with Gasteiger partial charge in [0.05, 0.1) is 13.2 Å². The summed E-state index contributed by atoms with van der Waals surface area (Å²) in [5.74, 6) is 0.908. The number of rotatable bonds is 4. The van der Waals surface area contributed by atoms with E-state index in [1.54, 1.807) is 0 Å². The number of hydrogen-bond donors (Lipinski definition) is 2. The first-order chi connectivity index (χ1) is 10.1. The smallest absolute Gasteiger partial charge is 0.198 e. The van der Waals surface area contributed by atoms with Crippen LogP contribution in [0.2, 0.25) is 0 Å². The Bertz CT molecular complexity index is 453. The monoisotopic (exact) mass is 290 g/mol. The number of benzene rings is 1. The van der Waals surface area contributed by atoms with E-state index in [2.05, 4.69) is 24.1 Å². The van der Waals surface area contributed by atoms with E-state index >= 15 is 0 Å². The summed E-state index contributed by atoms with van der Waals surface area (Å²) in [6, 6.07) is 10.1. The summed E-state index contributed by atoms with van der Waals surface area (Å²) in [5.41, 5.74) is 6.86. The van der Waals surface area contributed by atoms with Crippen molar-refractivity contribution >= 4 is 11.6 Å². The number of nitrogens with zero attached hydrogens (tertiary/aromatic N) is 2. The molecular formula is C16H26N4O. The molecule has 2 rings (SSSR count). The number of para-hydroxylation sites is 1. The average molecular weight is 290 g/mol. The Hall–Kier alpha value is -1.59. The fourth-order valence-electron chi connectivity index (χ4n) is 2.00. The van der Waals surface area contributed by atoms with Crippen LogP contribution in [-0.2, 0) is 4.74 Å². The van der Waals surface area contributed by atoms with Crippen LogP contribution in [0, 0.1) is 5.41 Å². The fraction of sp³-hybridized carbons (Fsp3) is 0.562. The molecular weight excluding hydrogens is 264 g/mol. The highest BCUT2D eigenvalue weighted by Crippen LogP contribution is 2.14. The SMILES string of the molecule is CC(C)(CN)CN=C(Nc1ccccc1)N1CCOCC1. The summed E-state index contributed by atoms with van der Waals surface area (Å²) in [6.07, 6.45) is 0. The minimum atomic E-state index is 0.00983. The molecule has 3 N–H and O–H groups in total. The Morgan fingerprint density at radius 2 is 1.95 bits per heavy atom. The van der Waals surface area contributed by atoms with E-state index in [1.165, 1.54) is 0 Å². The Kier molecular flexibility index (Phi) is 5.59. The van der Waals surface area contributed by atoms with Crippen molar-refractivity contribution in [2.45, 2.75) is 13.8 Å². The Morgan fingerprint density at radius 1 is 1.29 bits per heavy atom. The van der Waals surface area contributed by atoms with Crippen molar-refractivity contribution in [1.82, 2.24) is 4.90 Å². The van der Waals surface area contributed by atoms with Crippen LogP contribution in [0.5, 0.6) is 0 Å². The van der Waals surface area contributed by atoms with Gasteiger partial charge >= 0.3 is 0 Å². The Morgan fingerprint density at radius 3 is 2.57 bits per heavy atom. The van der Waals surface area contributed by atoms with Gasteiger partial charge in [-0.25, -0.2) is 0 Å². The highest BCUT2D eigenvalue weighted by molar-refractivity contribution is 5.93. The molecule has 116 valence electrons. The lowest BCUT2D eigenvalue weighted by molar-refractivity contribution is 0.0678. The zero-order chi connectivity index (χ0) is 15.1. The zero-order valence-electron chi connectivity index (χ0n) is 13.0. The maximum absolute atomic E-state index is 5.80. The van der Waals surface area contributed by atoms with E-state index in [0.717, 1.165) is 38.0 Å². The van der Waals surface area contributed by atoms with Gasteiger partial charge in [0.1, 0.15) is 0 Å². The number of nitrogens with one attached hydrogen (secondary N) is 1. The van der Waals surface area contributed by atoms with Crippen LogP contribution in [0.4, 0.5) is 5.69 Å². The summed E-state index contributed by atoms with van der Waals surface area (Å²) < 4.78 is 5.42. The van der Waals surface area contributed by atoms with Crippen LogP contribution < -0.4 is 11.1 Å². The van der Waals surface area contributed by atoms with E-state index < -0.39 is 0 Å². The summed E-state index contributed by atoms with van der Waals surface area (Å²) in [7, 11) is 0. The van der Waals surface area contributed by atoms with Crippen molar-refractivity contribution in [1.29, 1.82) is 0 Å². The second-order valence-corrected chi connectivity index (χ2v) is 6.10. The number of hydrogen-bond acceptors (Lipinski definition) is 3. The van der Waals surface area contributed by atoms with Gasteiger partial charge in [-0.2, -0.15) is 0 Å². The van der Waals surface area contributed by atoms with Crippen LogP contribution >= 0.6 is 0 Å². The van der Waals surface area contributed by atoms with Gasteiger partial charge in [0.2, 0.25) is 0 Å². The first-order valence-corrected chi connectivity index (χ1v) is 7.50. The molecule has 0 aliphatic carbocycles. The van der Waals surface area contributed by atoms with Crippen LogP contribution in [0.1, 0.15) is 13.8 Å². The number of nitrogens with two attached hydrogens (primary N) is 1. The van der Waals surface area contributed by atoms with E-state index in [9.17, 15) is 0 Å². The van der Waals surface area contributed by atoms with Crippen molar-refractivity contribution < 1.29 is 4.74 Å². The average Bonchev–Trinajstić information content (AvgIpc) is 2.53. The van der Waals surface area contributed by atoms with Crippen LogP contribution in [0.15, 0.2) is 35.3 Å². The minimum Gasteiger partial charge on any atom is -0.378 e. The molecule has 0 aromatic heterocycles. The first kappa shape index (κ1) is 15.8. The topological polar surface area (TPSA) is 62.9 Å². The maximum atomic E-state index is 5.80. The molecule has 1 saturated heterocycles. The van der Waals surface area contributed by atoms with Crippen LogP contribution in [0.3, 0.4) is 0 Å². The van der Waals surface area contributed by atoms with Gasteiger partial charge in [0, 0.05) is 25.3 Å². The molecule has 1 heterocycles. The fourth-order valence-corrected chi connectivity index (χ4v) is 2.00. The van der Waals surface area contributed by atoms with Crippen LogP contribution in [-0.4, -0.2) is 50.3 Å².